The molecular formula is C18H16N4O3S. The third-order valence-corrected chi connectivity index (χ3v) is 4.58. The second-order valence-electron chi connectivity index (χ2n) is 5.52. The van der Waals surface area contributed by atoms with E-state index in [0.29, 0.717) is 11.4 Å². The van der Waals surface area contributed by atoms with Crippen molar-refractivity contribution in [3.8, 4) is 0 Å². The number of aromatic nitrogens is 2. The summed E-state index contributed by atoms with van der Waals surface area (Å²) in [6.07, 6.45) is 0. The van der Waals surface area contributed by atoms with Gasteiger partial charge < -0.3 is 15.4 Å². The average molecular weight is 368 g/mol. The van der Waals surface area contributed by atoms with Crippen LogP contribution < -0.4 is 5.32 Å². The Bertz CT molecular complexity index is 941. The van der Waals surface area contributed by atoms with Crippen LogP contribution in [0.1, 0.15) is 5.69 Å². The predicted molar refractivity (Wildman–Crippen MR) is 99.3 cm³/mol. The summed E-state index contributed by atoms with van der Waals surface area (Å²) in [5.74, 6) is -0.582. The van der Waals surface area contributed by atoms with E-state index in [1.807, 2.05) is 48.5 Å². The Hall–Kier alpha value is -3.13. The zero-order valence-corrected chi connectivity index (χ0v) is 14.8. The van der Waals surface area contributed by atoms with Crippen molar-refractivity contribution in [1.29, 1.82) is 0 Å². The van der Waals surface area contributed by atoms with Gasteiger partial charge >= 0.3 is 5.82 Å². The molecule has 0 aliphatic carbocycles. The molecule has 0 aliphatic rings. The maximum absolute atomic E-state index is 12.4. The van der Waals surface area contributed by atoms with E-state index in [2.05, 4.69) is 10.4 Å². The number of nitrogens with zero attached hydrogens (tertiary/aromatic N) is 3. The number of hydrogen-bond donors (Lipinski definition) is 1. The molecule has 0 saturated carbocycles. The highest BCUT2D eigenvalue weighted by Gasteiger charge is 2.20. The molecule has 0 bridgehead atoms. The number of carbonyl (C=O) groups excluding carboxylic acids is 1. The number of amides is 1. The highest BCUT2D eigenvalue weighted by Crippen LogP contribution is 2.33. The quantitative estimate of drug-likeness (QED) is 0.526. The number of para-hydroxylation sites is 1. The summed E-state index contributed by atoms with van der Waals surface area (Å²) >= 11 is 1.53. The van der Waals surface area contributed by atoms with Gasteiger partial charge in [0.1, 0.15) is 0 Å². The van der Waals surface area contributed by atoms with E-state index in [-0.39, 0.29) is 18.3 Å². The third kappa shape index (κ3) is 4.28. The van der Waals surface area contributed by atoms with E-state index in [1.165, 1.54) is 17.8 Å². The molecule has 26 heavy (non-hydrogen) atoms. The fourth-order valence-corrected chi connectivity index (χ4v) is 3.32. The van der Waals surface area contributed by atoms with Crippen LogP contribution in [-0.2, 0) is 11.3 Å². The molecule has 1 heterocycles. The van der Waals surface area contributed by atoms with Crippen LogP contribution in [0.4, 0.5) is 11.5 Å². The van der Waals surface area contributed by atoms with Gasteiger partial charge in [0.05, 0.1) is 17.4 Å². The van der Waals surface area contributed by atoms with Gasteiger partial charge in [-0.05, 0) is 36.1 Å². The molecule has 0 fully saturated rings. The fraction of sp³-hybridized carbons (Fsp3) is 0.111. The Morgan fingerprint density at radius 1 is 1.19 bits per heavy atom. The zero-order valence-electron chi connectivity index (χ0n) is 14.0. The van der Waals surface area contributed by atoms with Gasteiger partial charge in [0.15, 0.2) is 6.54 Å². The van der Waals surface area contributed by atoms with E-state index >= 15 is 0 Å². The lowest BCUT2D eigenvalue weighted by atomic mass is 10.3. The van der Waals surface area contributed by atoms with Crippen molar-refractivity contribution in [3.05, 3.63) is 76.5 Å². The smallest absolute Gasteiger partial charge is 0.345 e. The molecule has 8 heteroatoms. The summed E-state index contributed by atoms with van der Waals surface area (Å²) in [7, 11) is 0. The minimum absolute atomic E-state index is 0.204. The minimum Gasteiger partial charge on any atom is -0.358 e. The topological polar surface area (TPSA) is 90.1 Å². The largest absolute Gasteiger partial charge is 0.358 e. The maximum atomic E-state index is 12.4. The number of nitro groups is 1. The maximum Gasteiger partial charge on any atom is 0.345 e. The van der Waals surface area contributed by atoms with Crippen molar-refractivity contribution >= 4 is 29.2 Å². The van der Waals surface area contributed by atoms with Gasteiger partial charge in [0, 0.05) is 9.79 Å². The van der Waals surface area contributed by atoms with Crippen molar-refractivity contribution in [2.24, 2.45) is 0 Å². The number of hydrogen-bond acceptors (Lipinski definition) is 5. The van der Waals surface area contributed by atoms with Gasteiger partial charge in [0.25, 0.3) is 5.91 Å². The van der Waals surface area contributed by atoms with Crippen molar-refractivity contribution in [2.45, 2.75) is 23.3 Å². The summed E-state index contributed by atoms with van der Waals surface area (Å²) in [5, 5.41) is 17.9. The van der Waals surface area contributed by atoms with Crippen molar-refractivity contribution in [3.63, 3.8) is 0 Å². The molecule has 0 aliphatic heterocycles. The molecule has 3 rings (SSSR count). The van der Waals surface area contributed by atoms with Gasteiger partial charge in [0.2, 0.25) is 0 Å². The van der Waals surface area contributed by atoms with Gasteiger partial charge in [-0.1, -0.05) is 47.2 Å². The normalized spacial score (nSPS) is 10.5. The summed E-state index contributed by atoms with van der Waals surface area (Å²) in [6, 6.07) is 18.6. The van der Waals surface area contributed by atoms with Gasteiger partial charge in [-0.15, -0.1) is 4.68 Å². The SMILES string of the molecule is Cc1cc([N+](=O)[O-])n(CC(=O)Nc2ccccc2Sc2ccccc2)n1. The number of rotatable bonds is 6. The molecule has 0 radical (unpaired) electrons. The van der Waals surface area contributed by atoms with Gasteiger partial charge in [-0.3, -0.25) is 4.79 Å². The van der Waals surface area contributed by atoms with Crippen LogP contribution in [0.15, 0.2) is 70.5 Å². The molecule has 7 nitrogen and oxygen atoms in total. The van der Waals surface area contributed by atoms with Crippen LogP contribution in [0, 0.1) is 17.0 Å². The highest BCUT2D eigenvalue weighted by atomic mass is 32.2. The molecule has 3 aromatic rings. The number of nitrogens with one attached hydrogen (secondary N) is 1. The van der Waals surface area contributed by atoms with Crippen LogP contribution in [0.25, 0.3) is 0 Å². The third-order valence-electron chi connectivity index (χ3n) is 3.49. The number of carbonyl (C=O) groups is 1. The molecule has 0 atom stereocenters. The fourth-order valence-electron chi connectivity index (χ4n) is 2.40. The first-order valence-corrected chi connectivity index (χ1v) is 8.65. The monoisotopic (exact) mass is 368 g/mol. The second kappa shape index (κ2) is 7.83. The predicted octanol–water partition coefficient (Wildman–Crippen LogP) is 3.89. The van der Waals surface area contributed by atoms with Crippen LogP contribution in [-0.4, -0.2) is 20.6 Å². The van der Waals surface area contributed by atoms with Gasteiger partial charge in [-0.25, -0.2) is 0 Å². The molecule has 0 unspecified atom stereocenters. The van der Waals surface area contributed by atoms with Crippen LogP contribution in [0.3, 0.4) is 0 Å². The molecule has 2 aromatic carbocycles. The van der Waals surface area contributed by atoms with E-state index in [9.17, 15) is 14.9 Å². The average Bonchev–Trinajstić information content (AvgIpc) is 2.98. The van der Waals surface area contributed by atoms with Crippen LogP contribution in [0.5, 0.6) is 0 Å². The summed E-state index contributed by atoms with van der Waals surface area (Å²) < 4.78 is 1.09. The Kier molecular flexibility index (Phi) is 5.33. The molecular weight excluding hydrogens is 352 g/mol. The van der Waals surface area contributed by atoms with E-state index in [0.717, 1.165) is 14.5 Å². The molecule has 1 aromatic heterocycles. The van der Waals surface area contributed by atoms with E-state index < -0.39 is 4.92 Å². The molecule has 1 N–H and O–H groups in total. The molecule has 0 spiro atoms. The van der Waals surface area contributed by atoms with Crippen LogP contribution in [0.2, 0.25) is 0 Å². The lowest BCUT2D eigenvalue weighted by Crippen LogP contribution is -2.20. The Morgan fingerprint density at radius 3 is 2.62 bits per heavy atom. The Balaban J connectivity index is 1.75. The van der Waals surface area contributed by atoms with Gasteiger partial charge in [-0.2, -0.15) is 0 Å². The first-order chi connectivity index (χ1) is 12.5. The summed E-state index contributed by atoms with van der Waals surface area (Å²) in [5.41, 5.74) is 1.14. The lowest BCUT2D eigenvalue weighted by Gasteiger charge is -2.10. The first kappa shape index (κ1) is 17.7. The number of anilines is 1. The summed E-state index contributed by atoms with van der Waals surface area (Å²) in [4.78, 5) is 24.8. The van der Waals surface area contributed by atoms with Crippen molar-refractivity contribution in [1.82, 2.24) is 9.78 Å². The molecule has 1 amide bonds. The van der Waals surface area contributed by atoms with E-state index in [4.69, 9.17) is 0 Å². The first-order valence-electron chi connectivity index (χ1n) is 7.83. The second-order valence-corrected chi connectivity index (χ2v) is 6.63. The lowest BCUT2D eigenvalue weighted by molar-refractivity contribution is -0.392. The van der Waals surface area contributed by atoms with E-state index in [1.54, 1.807) is 13.0 Å². The van der Waals surface area contributed by atoms with Crippen molar-refractivity contribution < 1.29 is 9.72 Å². The number of aryl methyl sites for hydroxylation is 1. The van der Waals surface area contributed by atoms with Crippen LogP contribution >= 0.6 is 11.8 Å². The zero-order chi connectivity index (χ0) is 18.5. The van der Waals surface area contributed by atoms with Crippen molar-refractivity contribution in [2.75, 3.05) is 5.32 Å². The number of benzene rings is 2. The molecule has 0 saturated heterocycles. The molecule has 132 valence electrons. The standard InChI is InChI=1S/C18H16N4O3S/c1-13-11-18(22(24)25)21(20-13)12-17(23)19-15-9-5-6-10-16(15)26-14-7-3-2-4-8-14/h2-11H,12H2,1H3,(H,19,23). The Morgan fingerprint density at radius 2 is 1.88 bits per heavy atom. The minimum atomic E-state index is -0.549. The Labute approximate surface area is 154 Å². The highest BCUT2D eigenvalue weighted by molar-refractivity contribution is 7.99. The summed E-state index contributed by atoms with van der Waals surface area (Å²) in [6.45, 7) is 1.42.